The molecule has 0 aromatic heterocycles. The van der Waals surface area contributed by atoms with Crippen molar-refractivity contribution >= 4 is 23.2 Å². The van der Waals surface area contributed by atoms with Crippen molar-refractivity contribution in [2.45, 2.75) is 44.4 Å². The molecule has 0 spiro atoms. The van der Waals surface area contributed by atoms with Crippen LogP contribution in [-0.2, 0) is 14.3 Å². The first-order valence-corrected chi connectivity index (χ1v) is 9.15. The molecule has 0 amide bonds. The van der Waals surface area contributed by atoms with Gasteiger partial charge in [-0.15, -0.1) is 0 Å². The van der Waals surface area contributed by atoms with Crippen LogP contribution in [0.5, 0.6) is 0 Å². The Morgan fingerprint density at radius 2 is 1.73 bits per heavy atom. The molecular weight excluding hydrogens is 330 g/mol. The minimum Gasteiger partial charge on any atom is -0.465 e. The maximum Gasteiger partial charge on any atom is 0.337 e. The number of carbonyl (C=O) groups is 3. The Labute approximate surface area is 152 Å². The Morgan fingerprint density at radius 1 is 1.00 bits per heavy atom. The van der Waals surface area contributed by atoms with Crippen molar-refractivity contribution in [3.63, 3.8) is 0 Å². The monoisotopic (exact) mass is 351 g/mol. The van der Waals surface area contributed by atoms with Gasteiger partial charge < -0.3 is 4.74 Å². The smallest absolute Gasteiger partial charge is 0.337 e. The molecule has 1 aromatic rings. The Kier molecular flexibility index (Phi) is 4.31. The average molecular weight is 351 g/mol. The van der Waals surface area contributed by atoms with E-state index in [4.69, 9.17) is 9.73 Å². The predicted molar refractivity (Wildman–Crippen MR) is 96.2 cm³/mol. The first-order chi connectivity index (χ1) is 12.6. The number of hydrogen-bond donors (Lipinski definition) is 0. The van der Waals surface area contributed by atoms with Crippen molar-refractivity contribution in [2.24, 2.45) is 10.9 Å². The highest BCUT2D eigenvalue weighted by molar-refractivity contribution is 6.12. The van der Waals surface area contributed by atoms with Gasteiger partial charge in [0.1, 0.15) is 5.78 Å². The second-order valence-corrected chi connectivity index (χ2v) is 7.13. The molecule has 0 radical (unpaired) electrons. The number of aliphatic imine (C=N–C) groups is 1. The first kappa shape index (κ1) is 16.9. The van der Waals surface area contributed by atoms with Crippen LogP contribution in [0, 0.1) is 5.92 Å². The van der Waals surface area contributed by atoms with Crippen molar-refractivity contribution in [1.29, 1.82) is 0 Å². The summed E-state index contributed by atoms with van der Waals surface area (Å²) in [6, 6.07) is 7.09. The zero-order valence-electron chi connectivity index (χ0n) is 14.8. The number of carbonyl (C=O) groups excluding carboxylic acids is 3. The third kappa shape index (κ3) is 2.71. The molecule has 1 aromatic carbocycles. The summed E-state index contributed by atoms with van der Waals surface area (Å²) >= 11 is 0. The quantitative estimate of drug-likeness (QED) is 0.766. The van der Waals surface area contributed by atoms with Crippen LogP contribution in [0.2, 0.25) is 0 Å². The largest absolute Gasteiger partial charge is 0.465 e. The number of Topliss-reactive ketones (excluding diaryl/α,β-unsaturated/α-hetero) is 2. The number of allylic oxidation sites excluding steroid dienone is 2. The molecule has 0 saturated heterocycles. The number of esters is 1. The van der Waals surface area contributed by atoms with E-state index in [1.807, 2.05) is 12.1 Å². The van der Waals surface area contributed by atoms with Crippen LogP contribution < -0.4 is 0 Å². The predicted octanol–water partition coefficient (Wildman–Crippen LogP) is 3.39. The molecule has 4 rings (SSSR count). The molecule has 1 unspecified atom stereocenters. The molecule has 0 N–H and O–H groups in total. The second-order valence-electron chi connectivity index (χ2n) is 7.13. The van der Waals surface area contributed by atoms with E-state index in [-0.39, 0.29) is 23.4 Å². The zero-order chi connectivity index (χ0) is 18.3. The highest BCUT2D eigenvalue weighted by Gasteiger charge is 2.44. The van der Waals surface area contributed by atoms with Crippen molar-refractivity contribution in [3.8, 4) is 0 Å². The molecule has 5 heteroatoms. The van der Waals surface area contributed by atoms with E-state index >= 15 is 0 Å². The average Bonchev–Trinajstić information content (AvgIpc) is 2.66. The van der Waals surface area contributed by atoms with Crippen LogP contribution in [0.4, 0.5) is 0 Å². The van der Waals surface area contributed by atoms with Gasteiger partial charge in [-0.3, -0.25) is 14.6 Å². The molecule has 0 bridgehead atoms. The molecule has 134 valence electrons. The molecule has 5 nitrogen and oxygen atoms in total. The van der Waals surface area contributed by atoms with E-state index in [1.165, 1.54) is 7.11 Å². The van der Waals surface area contributed by atoms with Gasteiger partial charge >= 0.3 is 5.97 Å². The van der Waals surface area contributed by atoms with E-state index < -0.39 is 5.97 Å². The number of rotatable bonds is 2. The summed E-state index contributed by atoms with van der Waals surface area (Å²) in [6.07, 6.45) is 4.32. The lowest BCUT2D eigenvalue weighted by atomic mass is 9.67. The molecule has 1 saturated carbocycles. The standard InChI is InChI=1S/C21H21NO4/c1-26-21(25)13-10-8-12(9-11-13)18-19-14(4-2-6-16(19)23)22-15-5-3-7-17(24)20(15)18/h8-11,18-19H,2-7H2,1H3/t18-,19?/m1/s1. The number of ether oxygens (including phenoxy) is 1. The Morgan fingerprint density at radius 3 is 2.46 bits per heavy atom. The third-order valence-corrected chi connectivity index (χ3v) is 5.60. The topological polar surface area (TPSA) is 72.8 Å². The highest BCUT2D eigenvalue weighted by Crippen LogP contribution is 2.45. The van der Waals surface area contributed by atoms with Crippen molar-refractivity contribution in [1.82, 2.24) is 0 Å². The van der Waals surface area contributed by atoms with Gasteiger partial charge in [0.15, 0.2) is 5.78 Å². The number of methoxy groups -OCH3 is 1. The molecule has 2 atom stereocenters. The van der Waals surface area contributed by atoms with Crippen LogP contribution in [0.3, 0.4) is 0 Å². The fourth-order valence-electron chi connectivity index (χ4n) is 4.40. The summed E-state index contributed by atoms with van der Waals surface area (Å²) in [5.41, 5.74) is 3.86. The van der Waals surface area contributed by atoms with Gasteiger partial charge in [-0.25, -0.2) is 4.79 Å². The maximum atomic E-state index is 12.7. The lowest BCUT2D eigenvalue weighted by molar-refractivity contribution is -0.122. The number of benzene rings is 1. The summed E-state index contributed by atoms with van der Waals surface area (Å²) in [5, 5.41) is 0. The minimum atomic E-state index is -0.398. The van der Waals surface area contributed by atoms with Crippen molar-refractivity contribution < 1.29 is 19.1 Å². The molecule has 1 fully saturated rings. The van der Waals surface area contributed by atoms with E-state index in [0.29, 0.717) is 24.0 Å². The summed E-state index contributed by atoms with van der Waals surface area (Å²) in [6.45, 7) is 0. The molecule has 3 aliphatic rings. The molecule has 26 heavy (non-hydrogen) atoms. The maximum absolute atomic E-state index is 12.7. The molecule has 1 aliphatic heterocycles. The third-order valence-electron chi connectivity index (χ3n) is 5.60. The van der Waals surface area contributed by atoms with Gasteiger partial charge in [0.05, 0.1) is 18.6 Å². The number of fused-ring (bicyclic) bond motifs is 1. The zero-order valence-corrected chi connectivity index (χ0v) is 14.8. The second kappa shape index (κ2) is 6.63. The lowest BCUT2D eigenvalue weighted by Crippen LogP contribution is -2.39. The first-order valence-electron chi connectivity index (χ1n) is 9.15. The highest BCUT2D eigenvalue weighted by atomic mass is 16.5. The Balaban J connectivity index is 1.81. The van der Waals surface area contributed by atoms with Crippen LogP contribution >= 0.6 is 0 Å². The summed E-state index contributed by atoms with van der Waals surface area (Å²) < 4.78 is 4.75. The summed E-state index contributed by atoms with van der Waals surface area (Å²) in [4.78, 5) is 41.9. The normalized spacial score (nSPS) is 25.3. The van der Waals surface area contributed by atoms with Gasteiger partial charge in [0.2, 0.25) is 0 Å². The van der Waals surface area contributed by atoms with Crippen LogP contribution in [0.15, 0.2) is 40.5 Å². The van der Waals surface area contributed by atoms with Gasteiger partial charge in [-0.2, -0.15) is 0 Å². The van der Waals surface area contributed by atoms with Crippen molar-refractivity contribution in [3.05, 3.63) is 46.7 Å². The number of ketones is 2. The SMILES string of the molecule is COC(=O)c1ccc([C@H]2C3=C(CCCC3=O)N=C3CCCC(=O)C32)cc1. The van der Waals surface area contributed by atoms with E-state index in [2.05, 4.69) is 0 Å². The number of hydrogen-bond acceptors (Lipinski definition) is 5. The summed E-state index contributed by atoms with van der Waals surface area (Å²) in [5.74, 6) is -0.736. The summed E-state index contributed by atoms with van der Waals surface area (Å²) in [7, 11) is 1.35. The number of nitrogens with zero attached hydrogens (tertiary/aromatic N) is 1. The Hall–Kier alpha value is -2.56. The molecule has 1 heterocycles. The van der Waals surface area contributed by atoms with Crippen LogP contribution in [0.25, 0.3) is 0 Å². The lowest BCUT2D eigenvalue weighted by Gasteiger charge is -2.37. The molecular formula is C21H21NO4. The minimum absolute atomic E-state index is 0.106. The van der Waals surface area contributed by atoms with E-state index in [0.717, 1.165) is 42.7 Å². The fourth-order valence-corrected chi connectivity index (χ4v) is 4.40. The Bertz CT molecular complexity index is 847. The fraction of sp³-hybridized carbons (Fsp3) is 0.429. The van der Waals surface area contributed by atoms with Gasteiger partial charge in [0, 0.05) is 35.7 Å². The van der Waals surface area contributed by atoms with Crippen LogP contribution in [0.1, 0.15) is 60.4 Å². The van der Waals surface area contributed by atoms with Crippen LogP contribution in [-0.4, -0.2) is 30.4 Å². The molecule has 2 aliphatic carbocycles. The van der Waals surface area contributed by atoms with Crippen molar-refractivity contribution in [2.75, 3.05) is 7.11 Å². The van der Waals surface area contributed by atoms with E-state index in [9.17, 15) is 14.4 Å². The van der Waals surface area contributed by atoms with Gasteiger partial charge in [-0.1, -0.05) is 12.1 Å². The van der Waals surface area contributed by atoms with Gasteiger partial charge in [-0.05, 0) is 43.4 Å². The van der Waals surface area contributed by atoms with Gasteiger partial charge in [0.25, 0.3) is 0 Å². The van der Waals surface area contributed by atoms with E-state index in [1.54, 1.807) is 12.1 Å².